The quantitative estimate of drug-likeness (QED) is 0.900. The van der Waals surface area contributed by atoms with E-state index in [1.807, 2.05) is 18.2 Å². The van der Waals surface area contributed by atoms with Crippen LogP contribution in [-0.4, -0.2) is 6.54 Å². The summed E-state index contributed by atoms with van der Waals surface area (Å²) in [6.45, 7) is 2.97. The van der Waals surface area contributed by atoms with Crippen molar-refractivity contribution in [1.29, 1.82) is 0 Å². The molecule has 0 saturated heterocycles. The summed E-state index contributed by atoms with van der Waals surface area (Å²) in [7, 11) is 0. The number of hydrogen-bond donors (Lipinski definition) is 1. The Kier molecular flexibility index (Phi) is 4.08. The SMILES string of the molecule is CCNC(c1ccc(Cl)s1)c1ccoc1Br. The minimum Gasteiger partial charge on any atom is -0.457 e. The molecule has 2 aromatic rings. The zero-order valence-electron chi connectivity index (χ0n) is 8.67. The van der Waals surface area contributed by atoms with E-state index < -0.39 is 0 Å². The van der Waals surface area contributed by atoms with Crippen molar-refractivity contribution in [3.63, 3.8) is 0 Å². The third kappa shape index (κ3) is 2.51. The highest BCUT2D eigenvalue weighted by molar-refractivity contribution is 9.10. The molecule has 0 aliphatic rings. The fourth-order valence-electron chi connectivity index (χ4n) is 1.56. The fourth-order valence-corrected chi connectivity index (χ4v) is 3.19. The van der Waals surface area contributed by atoms with Crippen molar-refractivity contribution in [2.24, 2.45) is 0 Å². The number of thiophene rings is 1. The molecule has 2 rings (SSSR count). The summed E-state index contributed by atoms with van der Waals surface area (Å²) in [5.41, 5.74) is 1.10. The average Bonchev–Trinajstić information content (AvgIpc) is 2.84. The van der Waals surface area contributed by atoms with E-state index in [9.17, 15) is 0 Å². The molecule has 2 aromatic heterocycles. The standard InChI is InChI=1S/C11H11BrClNOS/c1-2-14-10(7-5-6-15-11(7)12)8-3-4-9(13)16-8/h3-6,10,14H,2H2,1H3. The Morgan fingerprint density at radius 3 is 2.81 bits per heavy atom. The van der Waals surface area contributed by atoms with Gasteiger partial charge in [-0.1, -0.05) is 18.5 Å². The van der Waals surface area contributed by atoms with Gasteiger partial charge in [0.1, 0.15) is 0 Å². The predicted molar refractivity (Wildman–Crippen MR) is 71.3 cm³/mol. The summed E-state index contributed by atoms with van der Waals surface area (Å²) in [5.74, 6) is 0. The first kappa shape index (κ1) is 12.2. The predicted octanol–water partition coefficient (Wildman–Crippen LogP) is 4.46. The maximum atomic E-state index is 5.96. The van der Waals surface area contributed by atoms with Crippen LogP contribution in [0.25, 0.3) is 0 Å². The van der Waals surface area contributed by atoms with Gasteiger partial charge in [-0.2, -0.15) is 0 Å². The molecule has 86 valence electrons. The first-order chi connectivity index (χ1) is 7.72. The van der Waals surface area contributed by atoms with Crippen LogP contribution in [-0.2, 0) is 0 Å². The van der Waals surface area contributed by atoms with Crippen LogP contribution in [0.1, 0.15) is 23.4 Å². The second-order valence-corrected chi connectivity index (χ2v) is 5.75. The minimum atomic E-state index is 0.135. The van der Waals surface area contributed by atoms with Crippen LogP contribution < -0.4 is 5.32 Å². The molecule has 0 spiro atoms. The molecule has 0 aromatic carbocycles. The van der Waals surface area contributed by atoms with Crippen LogP contribution in [0.4, 0.5) is 0 Å². The van der Waals surface area contributed by atoms with Crippen molar-refractivity contribution < 1.29 is 4.42 Å². The van der Waals surface area contributed by atoms with Gasteiger partial charge in [0.15, 0.2) is 4.67 Å². The maximum Gasteiger partial charge on any atom is 0.174 e. The first-order valence-corrected chi connectivity index (χ1v) is 6.92. The molecule has 1 N–H and O–H groups in total. The van der Waals surface area contributed by atoms with Gasteiger partial charge in [0.05, 0.1) is 16.6 Å². The first-order valence-electron chi connectivity index (χ1n) is 4.94. The lowest BCUT2D eigenvalue weighted by molar-refractivity contribution is 0.527. The number of halogens is 2. The van der Waals surface area contributed by atoms with E-state index in [4.69, 9.17) is 16.0 Å². The molecular formula is C11H11BrClNOS. The zero-order chi connectivity index (χ0) is 11.5. The molecule has 0 aliphatic heterocycles. The van der Waals surface area contributed by atoms with E-state index in [1.54, 1.807) is 17.6 Å². The second kappa shape index (κ2) is 5.36. The minimum absolute atomic E-state index is 0.135. The lowest BCUT2D eigenvalue weighted by Crippen LogP contribution is -2.20. The van der Waals surface area contributed by atoms with Crippen molar-refractivity contribution in [3.8, 4) is 0 Å². The van der Waals surface area contributed by atoms with Gasteiger partial charge in [0, 0.05) is 10.4 Å². The third-order valence-electron chi connectivity index (χ3n) is 2.24. The van der Waals surface area contributed by atoms with Gasteiger partial charge in [0.25, 0.3) is 0 Å². The van der Waals surface area contributed by atoms with Gasteiger partial charge < -0.3 is 9.73 Å². The average molecular weight is 321 g/mol. The normalized spacial score (nSPS) is 12.9. The van der Waals surface area contributed by atoms with Gasteiger partial charge >= 0.3 is 0 Å². The van der Waals surface area contributed by atoms with Crippen LogP contribution in [0.5, 0.6) is 0 Å². The lowest BCUT2D eigenvalue weighted by atomic mass is 10.1. The Balaban J connectivity index is 2.34. The maximum absolute atomic E-state index is 5.96. The summed E-state index contributed by atoms with van der Waals surface area (Å²) in [6.07, 6.45) is 1.68. The lowest BCUT2D eigenvalue weighted by Gasteiger charge is -2.15. The van der Waals surface area contributed by atoms with E-state index in [2.05, 4.69) is 28.2 Å². The van der Waals surface area contributed by atoms with E-state index in [0.717, 1.165) is 21.1 Å². The molecule has 0 saturated carbocycles. The highest BCUT2D eigenvalue weighted by atomic mass is 79.9. The molecular weight excluding hydrogens is 310 g/mol. The molecule has 0 bridgehead atoms. The highest BCUT2D eigenvalue weighted by Gasteiger charge is 2.19. The van der Waals surface area contributed by atoms with Crippen LogP contribution in [0, 0.1) is 0 Å². The molecule has 0 fully saturated rings. The van der Waals surface area contributed by atoms with E-state index in [0.29, 0.717) is 0 Å². The van der Waals surface area contributed by atoms with Crippen molar-refractivity contribution in [3.05, 3.63) is 43.9 Å². The second-order valence-electron chi connectivity index (χ2n) is 3.28. The monoisotopic (exact) mass is 319 g/mol. The number of furan rings is 1. The van der Waals surface area contributed by atoms with Gasteiger partial charge in [-0.05, 0) is 40.7 Å². The molecule has 0 aliphatic carbocycles. The van der Waals surface area contributed by atoms with E-state index >= 15 is 0 Å². The van der Waals surface area contributed by atoms with Crippen LogP contribution in [0.15, 0.2) is 33.5 Å². The van der Waals surface area contributed by atoms with Crippen molar-refractivity contribution >= 4 is 38.9 Å². The molecule has 0 amide bonds. The Morgan fingerprint density at radius 1 is 1.50 bits per heavy atom. The number of nitrogens with one attached hydrogen (secondary N) is 1. The fraction of sp³-hybridized carbons (Fsp3) is 0.273. The highest BCUT2D eigenvalue weighted by Crippen LogP contribution is 2.34. The summed E-state index contributed by atoms with van der Waals surface area (Å²) in [5, 5.41) is 3.42. The number of rotatable bonds is 4. The number of hydrogen-bond acceptors (Lipinski definition) is 3. The molecule has 2 nitrogen and oxygen atoms in total. The molecule has 16 heavy (non-hydrogen) atoms. The summed E-state index contributed by atoms with van der Waals surface area (Å²) >= 11 is 11.0. The van der Waals surface area contributed by atoms with Crippen molar-refractivity contribution in [2.75, 3.05) is 6.54 Å². The Morgan fingerprint density at radius 2 is 2.31 bits per heavy atom. The van der Waals surface area contributed by atoms with Crippen molar-refractivity contribution in [2.45, 2.75) is 13.0 Å². The van der Waals surface area contributed by atoms with Crippen LogP contribution in [0.2, 0.25) is 4.34 Å². The van der Waals surface area contributed by atoms with Gasteiger partial charge in [-0.15, -0.1) is 11.3 Å². The zero-order valence-corrected chi connectivity index (χ0v) is 11.8. The summed E-state index contributed by atoms with van der Waals surface area (Å²) < 4.78 is 6.84. The van der Waals surface area contributed by atoms with E-state index in [-0.39, 0.29) is 6.04 Å². The van der Waals surface area contributed by atoms with Gasteiger partial charge in [0.2, 0.25) is 0 Å². The Bertz CT molecular complexity index is 468. The summed E-state index contributed by atoms with van der Waals surface area (Å²) in [4.78, 5) is 1.19. The van der Waals surface area contributed by atoms with Crippen molar-refractivity contribution in [1.82, 2.24) is 5.32 Å². The Hall–Kier alpha value is -0.290. The molecule has 2 heterocycles. The Labute approximate surface area is 112 Å². The van der Waals surface area contributed by atoms with Gasteiger partial charge in [-0.3, -0.25) is 0 Å². The summed E-state index contributed by atoms with van der Waals surface area (Å²) in [6, 6.07) is 6.06. The van der Waals surface area contributed by atoms with Crippen LogP contribution >= 0.6 is 38.9 Å². The van der Waals surface area contributed by atoms with Gasteiger partial charge in [-0.25, -0.2) is 0 Å². The molecule has 5 heteroatoms. The smallest absolute Gasteiger partial charge is 0.174 e. The third-order valence-corrected chi connectivity index (χ3v) is 4.18. The van der Waals surface area contributed by atoms with E-state index in [1.165, 1.54) is 4.88 Å². The topological polar surface area (TPSA) is 25.2 Å². The molecule has 0 radical (unpaired) electrons. The molecule has 1 unspecified atom stereocenters. The molecule has 1 atom stereocenters. The largest absolute Gasteiger partial charge is 0.457 e. The van der Waals surface area contributed by atoms with Crippen LogP contribution in [0.3, 0.4) is 0 Å².